The van der Waals surface area contributed by atoms with Crippen LogP contribution in [0.2, 0.25) is 0 Å². The normalized spacial score (nSPS) is 16.3. The fourth-order valence-corrected chi connectivity index (χ4v) is 4.37. The molecule has 0 saturated heterocycles. The highest BCUT2D eigenvalue weighted by molar-refractivity contribution is 7.90. The van der Waals surface area contributed by atoms with E-state index in [1.54, 1.807) is 24.3 Å². The summed E-state index contributed by atoms with van der Waals surface area (Å²) in [6, 6.07) is 13.1. The molecule has 0 saturated carbocycles. The Balaban J connectivity index is 1.66. The average Bonchev–Trinajstić information content (AvgIpc) is 3.03. The van der Waals surface area contributed by atoms with Crippen LogP contribution in [0, 0.1) is 0 Å². The van der Waals surface area contributed by atoms with Crippen LogP contribution in [-0.4, -0.2) is 31.8 Å². The highest BCUT2D eigenvalue weighted by Gasteiger charge is 2.29. The Bertz CT molecular complexity index is 1000. The standard InChI is InChI=1S/C24H30O5S/c1-24(2,3)29-23-15-14-20-19(23)7-5-9-22(20)28-18-12-10-17(11-13-18)21(25)8-6-16-30(4,26)27/h5,7,9-13,23H,6,8,14-16H2,1-4H3/t23-/m1/s1. The lowest BCUT2D eigenvalue weighted by Gasteiger charge is -2.25. The molecule has 0 unspecified atom stereocenters. The second-order valence-corrected chi connectivity index (χ2v) is 11.1. The Labute approximate surface area is 179 Å². The lowest BCUT2D eigenvalue weighted by molar-refractivity contribution is -0.0605. The lowest BCUT2D eigenvalue weighted by atomic mass is 10.1. The fourth-order valence-electron chi connectivity index (χ4n) is 3.70. The van der Waals surface area contributed by atoms with Crippen LogP contribution in [0.3, 0.4) is 0 Å². The molecule has 0 spiro atoms. The highest BCUT2D eigenvalue weighted by atomic mass is 32.2. The first-order valence-electron chi connectivity index (χ1n) is 10.3. The van der Waals surface area contributed by atoms with Gasteiger partial charge in [-0.1, -0.05) is 12.1 Å². The van der Waals surface area contributed by atoms with E-state index < -0.39 is 9.84 Å². The van der Waals surface area contributed by atoms with Crippen LogP contribution >= 0.6 is 0 Å². The van der Waals surface area contributed by atoms with Crippen LogP contribution in [0.1, 0.15) is 67.6 Å². The van der Waals surface area contributed by atoms with Gasteiger partial charge in [0.25, 0.3) is 0 Å². The zero-order valence-electron chi connectivity index (χ0n) is 18.1. The quantitative estimate of drug-likeness (QED) is 0.532. The van der Waals surface area contributed by atoms with Gasteiger partial charge in [-0.25, -0.2) is 8.42 Å². The van der Waals surface area contributed by atoms with Crippen molar-refractivity contribution in [2.24, 2.45) is 0 Å². The van der Waals surface area contributed by atoms with Gasteiger partial charge in [-0.3, -0.25) is 4.79 Å². The summed E-state index contributed by atoms with van der Waals surface area (Å²) in [4.78, 5) is 12.3. The van der Waals surface area contributed by atoms with Crippen molar-refractivity contribution in [2.45, 2.75) is 58.2 Å². The summed E-state index contributed by atoms with van der Waals surface area (Å²) in [5, 5.41) is 0. The Kier molecular flexibility index (Phi) is 6.68. The second-order valence-electron chi connectivity index (χ2n) is 8.86. The van der Waals surface area contributed by atoms with Crippen molar-refractivity contribution in [1.82, 2.24) is 0 Å². The molecular formula is C24H30O5S. The average molecular weight is 431 g/mol. The number of carbonyl (C=O) groups excluding carboxylic acids is 1. The summed E-state index contributed by atoms with van der Waals surface area (Å²) in [7, 11) is -3.04. The smallest absolute Gasteiger partial charge is 0.162 e. The minimum Gasteiger partial charge on any atom is -0.457 e. The molecule has 1 aliphatic rings. The Morgan fingerprint density at radius 2 is 1.80 bits per heavy atom. The molecule has 0 aromatic heterocycles. The summed E-state index contributed by atoms with van der Waals surface area (Å²) in [6.45, 7) is 6.19. The molecule has 2 aromatic rings. The van der Waals surface area contributed by atoms with E-state index in [0.29, 0.717) is 17.7 Å². The highest BCUT2D eigenvalue weighted by Crippen LogP contribution is 2.42. The third-order valence-corrected chi connectivity index (χ3v) is 6.02. The molecule has 162 valence electrons. The number of Topliss-reactive ketones (excluding diaryl/α,β-unsaturated/α-hetero) is 1. The zero-order chi connectivity index (χ0) is 21.9. The molecule has 1 atom stereocenters. The molecule has 3 rings (SSSR count). The van der Waals surface area contributed by atoms with Crippen molar-refractivity contribution in [1.29, 1.82) is 0 Å². The molecule has 0 heterocycles. The second kappa shape index (κ2) is 8.90. The van der Waals surface area contributed by atoms with Gasteiger partial charge >= 0.3 is 0 Å². The van der Waals surface area contributed by atoms with Crippen LogP contribution < -0.4 is 4.74 Å². The largest absolute Gasteiger partial charge is 0.457 e. The van der Waals surface area contributed by atoms with Crippen molar-refractivity contribution in [3.8, 4) is 11.5 Å². The number of carbonyl (C=O) groups is 1. The predicted molar refractivity (Wildman–Crippen MR) is 118 cm³/mol. The molecule has 0 bridgehead atoms. The summed E-state index contributed by atoms with van der Waals surface area (Å²) >= 11 is 0. The van der Waals surface area contributed by atoms with Crippen molar-refractivity contribution < 1.29 is 22.7 Å². The van der Waals surface area contributed by atoms with E-state index in [9.17, 15) is 13.2 Å². The number of fused-ring (bicyclic) bond motifs is 1. The molecule has 6 heteroatoms. The van der Waals surface area contributed by atoms with E-state index in [0.717, 1.165) is 18.6 Å². The van der Waals surface area contributed by atoms with E-state index in [1.165, 1.54) is 17.4 Å². The van der Waals surface area contributed by atoms with Gasteiger partial charge in [0.15, 0.2) is 5.78 Å². The summed E-state index contributed by atoms with van der Waals surface area (Å²) in [5.41, 5.74) is 2.72. The molecule has 5 nitrogen and oxygen atoms in total. The maximum atomic E-state index is 12.3. The van der Waals surface area contributed by atoms with Crippen LogP contribution in [0.4, 0.5) is 0 Å². The zero-order valence-corrected chi connectivity index (χ0v) is 18.9. The fraction of sp³-hybridized carbons (Fsp3) is 0.458. The van der Waals surface area contributed by atoms with Gasteiger partial charge in [-0.2, -0.15) is 0 Å². The maximum Gasteiger partial charge on any atom is 0.162 e. The Morgan fingerprint density at radius 3 is 2.43 bits per heavy atom. The number of rotatable bonds is 8. The van der Waals surface area contributed by atoms with Crippen LogP contribution in [0.25, 0.3) is 0 Å². The SMILES string of the molecule is CC(C)(C)O[C@@H]1CCc2c(Oc3ccc(C(=O)CCCS(C)(=O)=O)cc3)cccc21. The van der Waals surface area contributed by atoms with Crippen molar-refractivity contribution in [3.05, 3.63) is 59.2 Å². The first-order valence-corrected chi connectivity index (χ1v) is 12.4. The molecular weight excluding hydrogens is 400 g/mol. The molecule has 30 heavy (non-hydrogen) atoms. The van der Waals surface area contributed by atoms with Crippen molar-refractivity contribution >= 4 is 15.6 Å². The third kappa shape index (κ3) is 6.16. The van der Waals surface area contributed by atoms with Gasteiger partial charge < -0.3 is 9.47 Å². The molecule has 0 amide bonds. The first kappa shape index (κ1) is 22.5. The topological polar surface area (TPSA) is 69.7 Å². The van der Waals surface area contributed by atoms with Crippen LogP contribution in [0.5, 0.6) is 11.5 Å². The number of hydrogen-bond donors (Lipinski definition) is 0. The summed E-state index contributed by atoms with van der Waals surface area (Å²) in [5.74, 6) is 1.45. The van der Waals surface area contributed by atoms with Crippen LogP contribution in [0.15, 0.2) is 42.5 Å². The maximum absolute atomic E-state index is 12.3. The monoisotopic (exact) mass is 430 g/mol. The molecule has 0 fully saturated rings. The van der Waals surface area contributed by atoms with Gasteiger partial charge in [0.2, 0.25) is 0 Å². The summed E-state index contributed by atoms with van der Waals surface area (Å²) in [6.07, 6.45) is 3.66. The van der Waals surface area contributed by atoms with Crippen LogP contribution in [-0.2, 0) is 21.0 Å². The van der Waals surface area contributed by atoms with E-state index in [2.05, 4.69) is 26.8 Å². The van der Waals surface area contributed by atoms with Gasteiger partial charge in [0.1, 0.15) is 21.3 Å². The number of sulfone groups is 1. The molecule has 0 N–H and O–H groups in total. The van der Waals surface area contributed by atoms with Gasteiger partial charge in [0.05, 0.1) is 17.5 Å². The number of ketones is 1. The first-order chi connectivity index (χ1) is 14.0. The van der Waals surface area contributed by atoms with Gasteiger partial charge in [-0.05, 0) is 75.9 Å². The van der Waals surface area contributed by atoms with Crippen molar-refractivity contribution in [2.75, 3.05) is 12.0 Å². The number of benzene rings is 2. The molecule has 2 aromatic carbocycles. The van der Waals surface area contributed by atoms with E-state index in [-0.39, 0.29) is 29.7 Å². The van der Waals surface area contributed by atoms with Gasteiger partial charge in [-0.15, -0.1) is 0 Å². The number of hydrogen-bond acceptors (Lipinski definition) is 5. The lowest BCUT2D eigenvalue weighted by Crippen LogP contribution is -2.21. The predicted octanol–water partition coefficient (Wildman–Crippen LogP) is 5.29. The Morgan fingerprint density at radius 1 is 1.10 bits per heavy atom. The third-order valence-electron chi connectivity index (χ3n) is 4.99. The Hall–Kier alpha value is -2.18. The van der Waals surface area contributed by atoms with Gasteiger partial charge in [0, 0.05) is 23.8 Å². The molecule has 1 aliphatic carbocycles. The molecule has 0 radical (unpaired) electrons. The minimum atomic E-state index is -3.04. The van der Waals surface area contributed by atoms with E-state index in [1.807, 2.05) is 12.1 Å². The summed E-state index contributed by atoms with van der Waals surface area (Å²) < 4.78 is 34.7. The molecule has 0 aliphatic heterocycles. The van der Waals surface area contributed by atoms with Crippen molar-refractivity contribution in [3.63, 3.8) is 0 Å². The number of ether oxygens (including phenoxy) is 2. The van der Waals surface area contributed by atoms with E-state index >= 15 is 0 Å². The minimum absolute atomic E-state index is 0.0268. The van der Waals surface area contributed by atoms with E-state index in [4.69, 9.17) is 9.47 Å².